The van der Waals surface area contributed by atoms with Crippen molar-refractivity contribution in [1.29, 1.82) is 0 Å². The number of nitrogens with zero attached hydrogens (tertiary/aromatic N) is 3. The summed E-state index contributed by atoms with van der Waals surface area (Å²) in [5.74, 6) is 0. The summed E-state index contributed by atoms with van der Waals surface area (Å²) in [4.78, 5) is 4.16. The Morgan fingerprint density at radius 2 is 2.21 bits per heavy atom. The third-order valence-electron chi connectivity index (χ3n) is 1.92. The van der Waals surface area contributed by atoms with Crippen molar-refractivity contribution >= 4 is 17.3 Å². The maximum atomic E-state index is 5.78. The normalized spacial score (nSPS) is 10.4. The first-order chi connectivity index (χ1) is 6.68. The minimum Gasteiger partial charge on any atom is -0.396 e. The molecule has 0 saturated carbocycles. The van der Waals surface area contributed by atoms with Gasteiger partial charge in [-0.05, 0) is 12.1 Å². The highest BCUT2D eigenvalue weighted by Gasteiger charge is 2.09. The largest absolute Gasteiger partial charge is 0.396 e. The fourth-order valence-corrected chi connectivity index (χ4v) is 1.47. The van der Waals surface area contributed by atoms with Crippen LogP contribution in [0, 0.1) is 0 Å². The average Bonchev–Trinajstić information content (AvgIpc) is 2.46. The van der Waals surface area contributed by atoms with Gasteiger partial charge in [-0.15, -0.1) is 0 Å². The fraction of sp³-hybridized carbons (Fsp3) is 0.111. The second-order valence-electron chi connectivity index (χ2n) is 2.92. The zero-order chi connectivity index (χ0) is 10.1. The van der Waals surface area contributed by atoms with Crippen LogP contribution in [0.4, 0.5) is 5.69 Å². The third-order valence-corrected chi connectivity index (χ3v) is 2.14. The van der Waals surface area contributed by atoms with Gasteiger partial charge in [0.1, 0.15) is 10.8 Å². The molecule has 0 unspecified atom stereocenters. The number of pyridine rings is 1. The van der Waals surface area contributed by atoms with Gasteiger partial charge in [0.15, 0.2) is 0 Å². The van der Waals surface area contributed by atoms with E-state index in [9.17, 15) is 0 Å². The van der Waals surface area contributed by atoms with Gasteiger partial charge >= 0.3 is 0 Å². The van der Waals surface area contributed by atoms with Gasteiger partial charge in [-0.25, -0.2) is 4.98 Å². The Bertz CT molecular complexity index is 444. The van der Waals surface area contributed by atoms with Gasteiger partial charge in [-0.3, -0.25) is 4.68 Å². The number of halogens is 1. The molecule has 2 heterocycles. The SMILES string of the molecule is Cn1ncc(N)c1-c1cccc(Cl)n1. The summed E-state index contributed by atoms with van der Waals surface area (Å²) < 4.78 is 1.67. The summed E-state index contributed by atoms with van der Waals surface area (Å²) in [5.41, 5.74) is 7.87. The van der Waals surface area contributed by atoms with Gasteiger partial charge in [0.25, 0.3) is 0 Å². The smallest absolute Gasteiger partial charge is 0.129 e. The molecule has 0 amide bonds. The molecule has 0 bridgehead atoms. The van der Waals surface area contributed by atoms with E-state index in [1.54, 1.807) is 16.9 Å². The number of rotatable bonds is 1. The van der Waals surface area contributed by atoms with Crippen molar-refractivity contribution in [2.45, 2.75) is 0 Å². The molecule has 0 radical (unpaired) electrons. The molecule has 2 aromatic heterocycles. The van der Waals surface area contributed by atoms with Crippen LogP contribution in [-0.4, -0.2) is 14.8 Å². The second-order valence-corrected chi connectivity index (χ2v) is 3.30. The number of aryl methyl sites for hydroxylation is 1. The molecule has 4 nitrogen and oxygen atoms in total. The van der Waals surface area contributed by atoms with E-state index in [4.69, 9.17) is 17.3 Å². The van der Waals surface area contributed by atoms with E-state index >= 15 is 0 Å². The Hall–Kier alpha value is -1.55. The van der Waals surface area contributed by atoms with Gasteiger partial charge in [-0.1, -0.05) is 17.7 Å². The minimum absolute atomic E-state index is 0.447. The van der Waals surface area contributed by atoms with Crippen molar-refractivity contribution in [3.05, 3.63) is 29.5 Å². The third kappa shape index (κ3) is 1.44. The van der Waals surface area contributed by atoms with E-state index in [0.29, 0.717) is 10.8 Å². The standard InChI is InChI=1S/C9H9ClN4/c1-14-9(6(11)5-12-14)7-3-2-4-8(10)13-7/h2-5H,11H2,1H3. The van der Waals surface area contributed by atoms with E-state index in [1.807, 2.05) is 19.2 Å². The molecule has 0 atom stereocenters. The molecule has 0 aliphatic carbocycles. The maximum Gasteiger partial charge on any atom is 0.129 e. The fourth-order valence-electron chi connectivity index (χ4n) is 1.31. The van der Waals surface area contributed by atoms with Gasteiger partial charge in [0.2, 0.25) is 0 Å². The molecule has 2 aromatic rings. The first-order valence-electron chi connectivity index (χ1n) is 4.09. The highest BCUT2D eigenvalue weighted by molar-refractivity contribution is 6.29. The molecule has 0 aromatic carbocycles. The van der Waals surface area contributed by atoms with E-state index in [2.05, 4.69) is 10.1 Å². The van der Waals surface area contributed by atoms with Gasteiger partial charge in [-0.2, -0.15) is 5.10 Å². The zero-order valence-corrected chi connectivity index (χ0v) is 8.36. The Morgan fingerprint density at radius 3 is 2.79 bits per heavy atom. The molecule has 0 aliphatic rings. The number of hydrogen-bond acceptors (Lipinski definition) is 3. The summed E-state index contributed by atoms with van der Waals surface area (Å²) in [6.07, 6.45) is 1.60. The van der Waals surface area contributed by atoms with Crippen molar-refractivity contribution < 1.29 is 0 Å². The molecule has 2 N–H and O–H groups in total. The first kappa shape index (κ1) is 9.02. The van der Waals surface area contributed by atoms with Crippen LogP contribution in [0.15, 0.2) is 24.4 Å². The molecule has 0 saturated heterocycles. The van der Waals surface area contributed by atoms with Crippen molar-refractivity contribution in [1.82, 2.24) is 14.8 Å². The second kappa shape index (κ2) is 3.31. The number of nitrogens with two attached hydrogens (primary N) is 1. The van der Waals surface area contributed by atoms with Crippen molar-refractivity contribution in [2.75, 3.05) is 5.73 Å². The molecular weight excluding hydrogens is 200 g/mol. The molecule has 2 rings (SSSR count). The lowest BCUT2D eigenvalue weighted by atomic mass is 10.2. The van der Waals surface area contributed by atoms with Gasteiger partial charge in [0.05, 0.1) is 17.6 Å². The van der Waals surface area contributed by atoms with Crippen LogP contribution in [-0.2, 0) is 7.05 Å². The average molecular weight is 209 g/mol. The highest BCUT2D eigenvalue weighted by atomic mass is 35.5. The molecule has 0 fully saturated rings. The van der Waals surface area contributed by atoms with Crippen LogP contribution < -0.4 is 5.73 Å². The molecule has 5 heteroatoms. The van der Waals surface area contributed by atoms with Crippen LogP contribution in [0.25, 0.3) is 11.4 Å². The Balaban J connectivity index is 2.59. The zero-order valence-electron chi connectivity index (χ0n) is 7.61. The predicted molar refractivity (Wildman–Crippen MR) is 55.9 cm³/mol. The van der Waals surface area contributed by atoms with Crippen molar-refractivity contribution in [3.63, 3.8) is 0 Å². The number of anilines is 1. The van der Waals surface area contributed by atoms with E-state index in [-0.39, 0.29) is 0 Å². The predicted octanol–water partition coefficient (Wildman–Crippen LogP) is 1.72. The molecular formula is C9H9ClN4. The summed E-state index contributed by atoms with van der Waals surface area (Å²) in [6.45, 7) is 0. The summed E-state index contributed by atoms with van der Waals surface area (Å²) >= 11 is 5.78. The Morgan fingerprint density at radius 1 is 1.43 bits per heavy atom. The van der Waals surface area contributed by atoms with Gasteiger partial charge < -0.3 is 5.73 Å². The molecule has 14 heavy (non-hydrogen) atoms. The van der Waals surface area contributed by atoms with E-state index < -0.39 is 0 Å². The number of nitrogen functional groups attached to an aromatic ring is 1. The highest BCUT2D eigenvalue weighted by Crippen LogP contribution is 2.23. The maximum absolute atomic E-state index is 5.78. The van der Waals surface area contributed by atoms with E-state index in [1.165, 1.54) is 0 Å². The molecule has 0 aliphatic heterocycles. The lowest BCUT2D eigenvalue weighted by Gasteiger charge is -2.02. The summed E-state index contributed by atoms with van der Waals surface area (Å²) in [5, 5.41) is 4.48. The molecule has 72 valence electrons. The topological polar surface area (TPSA) is 56.7 Å². The Labute approximate surface area is 86.3 Å². The molecule has 0 spiro atoms. The lowest BCUT2D eigenvalue weighted by molar-refractivity contribution is 0.773. The van der Waals surface area contributed by atoms with Crippen LogP contribution >= 0.6 is 11.6 Å². The number of hydrogen-bond donors (Lipinski definition) is 1. The number of aromatic nitrogens is 3. The van der Waals surface area contributed by atoms with E-state index in [0.717, 1.165) is 11.4 Å². The van der Waals surface area contributed by atoms with Crippen LogP contribution in [0.3, 0.4) is 0 Å². The quantitative estimate of drug-likeness (QED) is 0.726. The summed E-state index contributed by atoms with van der Waals surface area (Å²) in [6, 6.07) is 5.40. The minimum atomic E-state index is 0.447. The van der Waals surface area contributed by atoms with Gasteiger partial charge in [0, 0.05) is 7.05 Å². The summed E-state index contributed by atoms with van der Waals surface area (Å²) in [7, 11) is 1.81. The van der Waals surface area contributed by atoms with Crippen LogP contribution in [0.5, 0.6) is 0 Å². The Kier molecular flexibility index (Phi) is 2.13. The monoisotopic (exact) mass is 208 g/mol. The van der Waals surface area contributed by atoms with Crippen LogP contribution in [0.1, 0.15) is 0 Å². The van der Waals surface area contributed by atoms with Crippen molar-refractivity contribution in [2.24, 2.45) is 7.05 Å². The van der Waals surface area contributed by atoms with Crippen LogP contribution in [0.2, 0.25) is 5.15 Å². The van der Waals surface area contributed by atoms with Crippen molar-refractivity contribution in [3.8, 4) is 11.4 Å². The lowest BCUT2D eigenvalue weighted by Crippen LogP contribution is -1.97. The first-order valence-corrected chi connectivity index (χ1v) is 4.46.